The molecule has 0 radical (unpaired) electrons. The summed E-state index contributed by atoms with van der Waals surface area (Å²) in [5.41, 5.74) is 4.20. The summed E-state index contributed by atoms with van der Waals surface area (Å²) in [5.74, 6) is -2.11. The number of rotatable bonds is 8. The van der Waals surface area contributed by atoms with Gasteiger partial charge in [0.05, 0.1) is 31.9 Å². The number of phenolic OH excluding ortho intramolecular Hbond substituents is 1. The maximum atomic E-state index is 11.8. The molecule has 312 valence electrons. The third kappa shape index (κ3) is 8.40. The molecule has 0 saturated carbocycles. The van der Waals surface area contributed by atoms with E-state index >= 15 is 0 Å². The molecule has 0 saturated heterocycles. The number of benzene rings is 6. The Morgan fingerprint density at radius 1 is 0.738 bits per heavy atom. The number of imidazole rings is 1. The van der Waals surface area contributed by atoms with E-state index in [0.29, 0.717) is 61.1 Å². The summed E-state index contributed by atoms with van der Waals surface area (Å²) in [6.45, 7) is 10.8. The van der Waals surface area contributed by atoms with Gasteiger partial charge in [0.15, 0.2) is 0 Å². The Morgan fingerprint density at radius 3 is 2.11 bits per heavy atom. The number of aryl methyl sites for hydroxylation is 3. The van der Waals surface area contributed by atoms with E-state index in [-0.39, 0.29) is 55.1 Å². The molecular weight excluding hydrogens is 926 g/mol. The van der Waals surface area contributed by atoms with E-state index in [9.17, 15) is 6.48 Å². The van der Waals surface area contributed by atoms with Crippen molar-refractivity contribution in [1.82, 2.24) is 14.5 Å². The molecular formula is C56H56N3OPt-. The van der Waals surface area contributed by atoms with Crippen molar-refractivity contribution >= 4 is 11.0 Å². The Balaban J connectivity index is 0.00000840. The molecule has 1 N–H and O–H groups in total. The fraction of sp³-hybridized carbons (Fsp3) is 0.250. The topological polar surface area (TPSA) is 50.9 Å². The third-order valence-electron chi connectivity index (χ3n) is 10.8. The monoisotopic (exact) mass is 997 g/mol. The number of aromatic hydroxyl groups is 1. The number of hydrogen-bond acceptors (Lipinski definition) is 3. The molecule has 2 heterocycles. The summed E-state index contributed by atoms with van der Waals surface area (Å²) < 4.78 is 133. The summed E-state index contributed by atoms with van der Waals surface area (Å²) in [6.07, 6.45) is -0.648. The molecule has 8 aromatic rings. The van der Waals surface area contributed by atoms with Gasteiger partial charge >= 0.3 is 0 Å². The van der Waals surface area contributed by atoms with E-state index in [1.807, 2.05) is 58.0 Å². The van der Waals surface area contributed by atoms with Crippen LogP contribution in [0, 0.1) is 33.6 Å². The molecule has 0 atom stereocenters. The SMILES string of the molecule is [2H]c1nc(-c2[c-]c(-c3cccc4c3nc(-c3cc(C)cc(C)c3O)n4-c3ccc(-c4c(C([2H])(C)C)cccc4C([2H])(C)C)cc3C([2H])([2H])[2H])cc(C(C)(C)C)c2)c([2H])c(-c2c([2H])c([2H])c(C([2H])([2H])[2H])c([2H])c2[2H])c1[2H].[Pt]. The second-order valence-electron chi connectivity index (χ2n) is 16.8. The van der Waals surface area contributed by atoms with Gasteiger partial charge in [-0.15, -0.1) is 29.3 Å². The van der Waals surface area contributed by atoms with Crippen LogP contribution in [0.3, 0.4) is 0 Å². The minimum Gasteiger partial charge on any atom is -0.507 e. The van der Waals surface area contributed by atoms with E-state index in [1.165, 1.54) is 0 Å². The molecule has 2 aromatic heterocycles. The Bertz CT molecular complexity index is 3590. The van der Waals surface area contributed by atoms with Crippen LogP contribution >= 0.6 is 0 Å². The Labute approximate surface area is 398 Å². The summed E-state index contributed by atoms with van der Waals surface area (Å²) in [6, 6.07) is 21.9. The second-order valence-corrected chi connectivity index (χ2v) is 16.8. The van der Waals surface area contributed by atoms with Crippen LogP contribution in [0.5, 0.6) is 5.75 Å². The molecule has 0 aliphatic heterocycles. The Kier molecular flexibility index (Phi) is 7.86. The molecule has 0 unspecified atom stereocenters. The van der Waals surface area contributed by atoms with Crippen LogP contribution in [0.25, 0.3) is 72.7 Å². The largest absolute Gasteiger partial charge is 0.507 e. The molecule has 6 aromatic carbocycles. The van der Waals surface area contributed by atoms with Crippen LogP contribution in [-0.2, 0) is 26.5 Å². The molecule has 5 heteroatoms. The van der Waals surface area contributed by atoms with E-state index in [0.717, 1.165) is 5.56 Å². The predicted molar refractivity (Wildman–Crippen MR) is 252 cm³/mol. The molecule has 0 aliphatic rings. The molecule has 0 bridgehead atoms. The summed E-state index contributed by atoms with van der Waals surface area (Å²) in [4.78, 5) is 9.62. The van der Waals surface area contributed by atoms with Crippen molar-refractivity contribution < 1.29 is 46.7 Å². The van der Waals surface area contributed by atoms with Gasteiger partial charge in [0.2, 0.25) is 0 Å². The summed E-state index contributed by atoms with van der Waals surface area (Å²) in [7, 11) is 0. The fourth-order valence-electron chi connectivity index (χ4n) is 7.74. The van der Waals surface area contributed by atoms with Gasteiger partial charge < -0.3 is 5.11 Å². The Hall–Kier alpha value is -5.57. The number of hydrogen-bond donors (Lipinski definition) is 1. The maximum absolute atomic E-state index is 11.8. The van der Waals surface area contributed by atoms with Crippen molar-refractivity contribution in [2.45, 2.75) is 93.2 Å². The standard InChI is InChI=1S/C56H56N3O.Pt/c1-33(2)45-14-12-15-46(34(3)4)52(45)41-22-23-50(37(7)28-41)59-51-17-13-16-47(53(51)58-55(59)48-27-36(6)26-38(8)54(48)60)42-29-43(31-44(30-42)56(9,10)11)49-32-40(24-25-57-49)39-20-18-35(5)19-21-39;/h12-28,30-34,60H,1-11H3;/q-1;/i5D3,7D3,18D,19D,20D,21D,24D,25D,32D,33D,34D;. The molecule has 61 heavy (non-hydrogen) atoms. The predicted octanol–water partition coefficient (Wildman–Crippen LogP) is 15.0. The number of fused-ring (bicyclic) bond motifs is 1. The van der Waals surface area contributed by atoms with E-state index in [4.69, 9.17) is 24.2 Å². The molecule has 0 fully saturated rings. The zero-order chi connectivity index (χ0) is 55.6. The Morgan fingerprint density at radius 2 is 1.44 bits per heavy atom. The fourth-order valence-corrected chi connectivity index (χ4v) is 7.74. The number of nitrogens with zero attached hydrogens (tertiary/aromatic N) is 3. The van der Waals surface area contributed by atoms with Crippen molar-refractivity contribution in [3.8, 4) is 67.5 Å². The summed E-state index contributed by atoms with van der Waals surface area (Å²) >= 11 is 0. The van der Waals surface area contributed by atoms with Gasteiger partial charge in [-0.25, -0.2) is 4.98 Å². The van der Waals surface area contributed by atoms with Crippen LogP contribution in [0.1, 0.15) is 120 Å². The van der Waals surface area contributed by atoms with Crippen molar-refractivity contribution in [3.63, 3.8) is 0 Å². The second kappa shape index (κ2) is 17.1. The zero-order valence-electron chi connectivity index (χ0n) is 50.6. The average Bonchev–Trinajstić information content (AvgIpc) is 3.69. The number of para-hydroxylation sites is 1. The first-order valence-corrected chi connectivity index (χ1v) is 19.8. The van der Waals surface area contributed by atoms with E-state index < -0.39 is 90.0 Å². The van der Waals surface area contributed by atoms with Crippen molar-refractivity contribution in [2.24, 2.45) is 0 Å². The van der Waals surface area contributed by atoms with Gasteiger partial charge in [0.1, 0.15) is 11.6 Å². The summed E-state index contributed by atoms with van der Waals surface area (Å²) in [5, 5.41) is 11.8. The number of aromatic nitrogens is 3. The van der Waals surface area contributed by atoms with Crippen LogP contribution in [-0.4, -0.2) is 19.6 Å². The van der Waals surface area contributed by atoms with Gasteiger partial charge in [-0.05, 0) is 125 Å². The number of pyridine rings is 1. The van der Waals surface area contributed by atoms with Crippen molar-refractivity contribution in [3.05, 3.63) is 166 Å². The van der Waals surface area contributed by atoms with Crippen LogP contribution in [0.4, 0.5) is 0 Å². The zero-order valence-corrected chi connectivity index (χ0v) is 37.9. The molecule has 0 spiro atoms. The van der Waals surface area contributed by atoms with Crippen LogP contribution in [0.2, 0.25) is 0 Å². The third-order valence-corrected chi connectivity index (χ3v) is 10.8. The van der Waals surface area contributed by atoms with Crippen molar-refractivity contribution in [2.75, 3.05) is 0 Å². The van der Waals surface area contributed by atoms with E-state index in [2.05, 4.69) is 11.1 Å². The van der Waals surface area contributed by atoms with E-state index in [1.54, 1.807) is 87.7 Å². The van der Waals surface area contributed by atoms with Crippen LogP contribution < -0.4 is 0 Å². The first kappa shape index (κ1) is 28.1. The minimum atomic E-state index is -3.01. The minimum absolute atomic E-state index is 0. The first-order valence-electron chi connectivity index (χ1n) is 27.3. The molecule has 0 aliphatic carbocycles. The van der Waals surface area contributed by atoms with Gasteiger partial charge in [-0.2, -0.15) is 0 Å². The molecule has 8 rings (SSSR count). The van der Waals surface area contributed by atoms with Gasteiger partial charge in [-0.1, -0.05) is 138 Å². The van der Waals surface area contributed by atoms with Gasteiger partial charge in [0.25, 0.3) is 0 Å². The normalized spacial score (nSPS) is 16.0. The smallest absolute Gasteiger partial charge is 0.148 e. The van der Waals surface area contributed by atoms with Crippen molar-refractivity contribution in [1.29, 1.82) is 0 Å². The van der Waals surface area contributed by atoms with Gasteiger partial charge in [-0.3, -0.25) is 9.55 Å². The molecule has 4 nitrogen and oxygen atoms in total. The molecule has 0 amide bonds. The maximum Gasteiger partial charge on any atom is 0.148 e. The van der Waals surface area contributed by atoms with Gasteiger partial charge in [0, 0.05) is 43.9 Å². The van der Waals surface area contributed by atoms with Crippen LogP contribution in [0.15, 0.2) is 121 Å². The number of phenols is 1. The average molecular weight is 997 g/mol. The first-order chi connectivity index (χ1) is 34.5. The quantitative estimate of drug-likeness (QED) is 0.154.